The smallest absolute Gasteiger partial charge is 0.00844 e. The molecule has 2 rings (SSSR count). The Labute approximate surface area is 97.8 Å². The Morgan fingerprint density at radius 1 is 1.07 bits per heavy atom. The van der Waals surface area contributed by atoms with Crippen molar-refractivity contribution >= 4 is 11.8 Å². The summed E-state index contributed by atoms with van der Waals surface area (Å²) in [5, 5.41) is 4.72. The minimum absolute atomic E-state index is 0.453. The Morgan fingerprint density at radius 2 is 1.87 bits per heavy atom. The Balaban J connectivity index is 1.72. The molecule has 15 heavy (non-hydrogen) atoms. The quantitative estimate of drug-likeness (QED) is 0.777. The van der Waals surface area contributed by atoms with Crippen molar-refractivity contribution in [2.24, 2.45) is 5.73 Å². The van der Waals surface area contributed by atoms with E-state index in [-0.39, 0.29) is 0 Å². The maximum Gasteiger partial charge on any atom is 0.00844 e. The summed E-state index contributed by atoms with van der Waals surface area (Å²) >= 11 is 2.03. The summed E-state index contributed by atoms with van der Waals surface area (Å²) in [7, 11) is 0. The van der Waals surface area contributed by atoms with Crippen LogP contribution in [0.1, 0.15) is 44.9 Å². The molecule has 0 heterocycles. The lowest BCUT2D eigenvalue weighted by molar-refractivity contribution is 0.312. The van der Waals surface area contributed by atoms with Crippen LogP contribution in [0.3, 0.4) is 0 Å². The molecule has 2 aliphatic carbocycles. The van der Waals surface area contributed by atoms with E-state index in [0.29, 0.717) is 12.1 Å². The normalized spacial score (nSPS) is 42.0. The molecule has 88 valence electrons. The van der Waals surface area contributed by atoms with Gasteiger partial charge in [0.25, 0.3) is 0 Å². The van der Waals surface area contributed by atoms with Crippen molar-refractivity contribution in [1.29, 1.82) is 0 Å². The van der Waals surface area contributed by atoms with Gasteiger partial charge in [-0.25, -0.2) is 0 Å². The van der Waals surface area contributed by atoms with Crippen LogP contribution < -0.4 is 11.1 Å². The van der Waals surface area contributed by atoms with Crippen LogP contribution in [0.15, 0.2) is 0 Å². The zero-order valence-corrected chi connectivity index (χ0v) is 10.6. The summed E-state index contributed by atoms with van der Waals surface area (Å²) in [4.78, 5) is 0. The molecule has 0 bridgehead atoms. The first-order valence-corrected chi connectivity index (χ1v) is 7.61. The molecule has 3 N–H and O–H groups in total. The molecule has 0 amide bonds. The van der Waals surface area contributed by atoms with Gasteiger partial charge < -0.3 is 11.1 Å². The standard InChI is InChI=1S/C12H24N2S/c1-15-12-6-5-11(8-12)14-10-4-2-3-9(13)7-10/h9-12,14H,2-8,13H2,1H3. The number of nitrogens with two attached hydrogens (primary N) is 1. The summed E-state index contributed by atoms with van der Waals surface area (Å²) in [6, 6.07) is 1.94. The molecule has 3 heteroatoms. The van der Waals surface area contributed by atoms with Crippen LogP contribution in [0.2, 0.25) is 0 Å². The van der Waals surface area contributed by atoms with E-state index in [4.69, 9.17) is 5.73 Å². The molecule has 0 radical (unpaired) electrons. The third-order valence-corrected chi connectivity index (χ3v) is 5.00. The second-order valence-electron chi connectivity index (χ2n) is 5.16. The van der Waals surface area contributed by atoms with Crippen LogP contribution in [0.4, 0.5) is 0 Å². The van der Waals surface area contributed by atoms with Crippen LogP contribution in [-0.4, -0.2) is 29.6 Å². The Kier molecular flexibility index (Phi) is 4.35. The van der Waals surface area contributed by atoms with E-state index in [9.17, 15) is 0 Å². The lowest BCUT2D eigenvalue weighted by Gasteiger charge is -2.30. The highest BCUT2D eigenvalue weighted by Crippen LogP contribution is 2.29. The number of hydrogen-bond donors (Lipinski definition) is 2. The summed E-state index contributed by atoms with van der Waals surface area (Å²) in [6.45, 7) is 0. The van der Waals surface area contributed by atoms with E-state index >= 15 is 0 Å². The lowest BCUT2D eigenvalue weighted by Crippen LogP contribution is -2.43. The molecular formula is C12H24N2S. The van der Waals surface area contributed by atoms with Gasteiger partial charge in [0.2, 0.25) is 0 Å². The minimum Gasteiger partial charge on any atom is -0.328 e. The molecule has 0 saturated heterocycles. The zero-order chi connectivity index (χ0) is 10.7. The van der Waals surface area contributed by atoms with Crippen molar-refractivity contribution in [1.82, 2.24) is 5.32 Å². The molecule has 0 aliphatic heterocycles. The van der Waals surface area contributed by atoms with Gasteiger partial charge in [-0.2, -0.15) is 11.8 Å². The fraction of sp³-hybridized carbons (Fsp3) is 1.00. The first-order chi connectivity index (χ1) is 7.28. The Hall–Kier alpha value is 0.270. The van der Waals surface area contributed by atoms with Crippen molar-refractivity contribution in [2.45, 2.75) is 68.3 Å². The summed E-state index contributed by atoms with van der Waals surface area (Å²) in [6.07, 6.45) is 11.5. The van der Waals surface area contributed by atoms with Crippen LogP contribution in [-0.2, 0) is 0 Å². The van der Waals surface area contributed by atoms with Gasteiger partial charge in [-0.1, -0.05) is 6.42 Å². The molecule has 4 unspecified atom stereocenters. The van der Waals surface area contributed by atoms with Gasteiger partial charge in [0.05, 0.1) is 0 Å². The van der Waals surface area contributed by atoms with Crippen molar-refractivity contribution in [3.63, 3.8) is 0 Å². The molecule has 0 aromatic carbocycles. The van der Waals surface area contributed by atoms with Crippen molar-refractivity contribution in [3.05, 3.63) is 0 Å². The second kappa shape index (κ2) is 5.55. The summed E-state index contributed by atoms with van der Waals surface area (Å²) in [5.41, 5.74) is 6.01. The monoisotopic (exact) mass is 228 g/mol. The third kappa shape index (κ3) is 3.36. The van der Waals surface area contributed by atoms with E-state index in [0.717, 1.165) is 11.3 Å². The van der Waals surface area contributed by atoms with Gasteiger partial charge in [0.1, 0.15) is 0 Å². The van der Waals surface area contributed by atoms with Crippen LogP contribution in [0, 0.1) is 0 Å². The highest BCUT2D eigenvalue weighted by Gasteiger charge is 2.27. The lowest BCUT2D eigenvalue weighted by atomic mass is 9.91. The topological polar surface area (TPSA) is 38.0 Å². The van der Waals surface area contributed by atoms with E-state index in [1.165, 1.54) is 44.9 Å². The number of rotatable bonds is 3. The van der Waals surface area contributed by atoms with Gasteiger partial charge in [0, 0.05) is 23.4 Å². The van der Waals surface area contributed by atoms with Crippen molar-refractivity contribution < 1.29 is 0 Å². The van der Waals surface area contributed by atoms with Gasteiger partial charge in [-0.15, -0.1) is 0 Å². The van der Waals surface area contributed by atoms with Crippen LogP contribution >= 0.6 is 11.8 Å². The number of nitrogens with one attached hydrogen (secondary N) is 1. The minimum atomic E-state index is 0.453. The third-order valence-electron chi connectivity index (χ3n) is 3.90. The fourth-order valence-corrected chi connectivity index (χ4v) is 3.81. The maximum absolute atomic E-state index is 6.01. The van der Waals surface area contributed by atoms with Gasteiger partial charge in [0.15, 0.2) is 0 Å². The number of hydrogen-bond acceptors (Lipinski definition) is 3. The predicted molar refractivity (Wildman–Crippen MR) is 68.3 cm³/mol. The first kappa shape index (κ1) is 11.7. The molecule has 2 nitrogen and oxygen atoms in total. The first-order valence-electron chi connectivity index (χ1n) is 6.32. The SMILES string of the molecule is CSC1CCC(NC2CCCC(N)C2)C1. The Bertz CT molecular complexity index is 198. The largest absolute Gasteiger partial charge is 0.328 e. The van der Waals surface area contributed by atoms with E-state index < -0.39 is 0 Å². The molecule has 2 saturated carbocycles. The fourth-order valence-electron chi connectivity index (χ4n) is 3.02. The van der Waals surface area contributed by atoms with Gasteiger partial charge in [-0.3, -0.25) is 0 Å². The molecule has 2 aliphatic rings. The average molecular weight is 228 g/mol. The average Bonchev–Trinajstić information content (AvgIpc) is 2.65. The zero-order valence-electron chi connectivity index (χ0n) is 9.74. The van der Waals surface area contributed by atoms with Crippen LogP contribution in [0.5, 0.6) is 0 Å². The molecule has 0 aromatic rings. The van der Waals surface area contributed by atoms with Crippen molar-refractivity contribution in [2.75, 3.05) is 6.26 Å². The second-order valence-corrected chi connectivity index (χ2v) is 6.30. The molecule has 0 spiro atoms. The molecule has 4 atom stereocenters. The molecule has 2 fully saturated rings. The number of thioether (sulfide) groups is 1. The highest BCUT2D eigenvalue weighted by atomic mass is 32.2. The summed E-state index contributed by atoms with van der Waals surface area (Å²) < 4.78 is 0. The molecule has 0 aromatic heterocycles. The van der Waals surface area contributed by atoms with E-state index in [1.54, 1.807) is 0 Å². The molecular weight excluding hydrogens is 204 g/mol. The van der Waals surface area contributed by atoms with E-state index in [1.807, 2.05) is 11.8 Å². The predicted octanol–water partition coefficient (Wildman–Crippen LogP) is 2.13. The highest BCUT2D eigenvalue weighted by molar-refractivity contribution is 7.99. The van der Waals surface area contributed by atoms with Crippen LogP contribution in [0.25, 0.3) is 0 Å². The summed E-state index contributed by atoms with van der Waals surface area (Å²) in [5.74, 6) is 0. The maximum atomic E-state index is 6.01. The Morgan fingerprint density at radius 3 is 2.53 bits per heavy atom. The van der Waals surface area contributed by atoms with Gasteiger partial charge in [-0.05, 0) is 44.8 Å². The van der Waals surface area contributed by atoms with Crippen molar-refractivity contribution in [3.8, 4) is 0 Å². The van der Waals surface area contributed by atoms with E-state index in [2.05, 4.69) is 11.6 Å². The van der Waals surface area contributed by atoms with Gasteiger partial charge >= 0.3 is 0 Å².